The van der Waals surface area contributed by atoms with Crippen molar-refractivity contribution in [2.45, 2.75) is 0 Å². The van der Waals surface area contributed by atoms with E-state index in [9.17, 15) is 9.59 Å². The fraction of sp³-hybridized carbons (Fsp3) is 0. The molecular weight excluding hydrogens is 230 g/mol. The molecule has 2 heterocycles. The largest absolute Gasteiger partial charge is 0.476 e. The molecule has 0 aliphatic heterocycles. The summed E-state index contributed by atoms with van der Waals surface area (Å²) in [5.74, 6) is -1.52. The van der Waals surface area contributed by atoms with Gasteiger partial charge in [0.25, 0.3) is 5.91 Å². The first-order chi connectivity index (χ1) is 7.68. The number of carbonyl (C=O) groups is 2. The van der Waals surface area contributed by atoms with E-state index in [1.807, 2.05) is 0 Å². The average molecular weight is 237 g/mol. The standard InChI is InChI=1S/C9H7N3O3S/c13-8(5-1-2-16-4-5)11-6-3-10-12-7(6)9(14)15/h1-4H,(H,10,12)(H,11,13)(H,14,15). The van der Waals surface area contributed by atoms with Crippen LogP contribution in [0.1, 0.15) is 20.8 Å². The Morgan fingerprint density at radius 1 is 1.50 bits per heavy atom. The highest BCUT2D eigenvalue weighted by atomic mass is 32.1. The molecule has 82 valence electrons. The van der Waals surface area contributed by atoms with E-state index in [1.54, 1.807) is 16.8 Å². The second kappa shape index (κ2) is 4.15. The lowest BCUT2D eigenvalue weighted by Gasteiger charge is -2.01. The molecule has 1 amide bonds. The van der Waals surface area contributed by atoms with Crippen LogP contribution in [-0.2, 0) is 0 Å². The van der Waals surface area contributed by atoms with Gasteiger partial charge in [0, 0.05) is 5.38 Å². The molecule has 0 aliphatic rings. The highest BCUT2D eigenvalue weighted by Gasteiger charge is 2.15. The van der Waals surface area contributed by atoms with Gasteiger partial charge in [-0.3, -0.25) is 9.89 Å². The van der Waals surface area contributed by atoms with E-state index in [2.05, 4.69) is 15.5 Å². The highest BCUT2D eigenvalue weighted by molar-refractivity contribution is 7.08. The molecule has 0 fully saturated rings. The van der Waals surface area contributed by atoms with Gasteiger partial charge in [0.1, 0.15) is 0 Å². The Morgan fingerprint density at radius 2 is 2.31 bits per heavy atom. The first-order valence-electron chi connectivity index (χ1n) is 4.28. The van der Waals surface area contributed by atoms with Gasteiger partial charge in [-0.25, -0.2) is 4.79 Å². The van der Waals surface area contributed by atoms with Crippen molar-refractivity contribution in [2.75, 3.05) is 5.32 Å². The van der Waals surface area contributed by atoms with E-state index in [-0.39, 0.29) is 17.3 Å². The van der Waals surface area contributed by atoms with Crippen molar-refractivity contribution in [3.63, 3.8) is 0 Å². The van der Waals surface area contributed by atoms with Crippen molar-refractivity contribution >= 4 is 28.9 Å². The topological polar surface area (TPSA) is 95.1 Å². The van der Waals surface area contributed by atoms with Gasteiger partial charge < -0.3 is 10.4 Å². The van der Waals surface area contributed by atoms with E-state index >= 15 is 0 Å². The lowest BCUT2D eigenvalue weighted by molar-refractivity contribution is 0.0691. The molecule has 7 heteroatoms. The van der Waals surface area contributed by atoms with Crippen LogP contribution in [0.2, 0.25) is 0 Å². The Balaban J connectivity index is 2.18. The maximum absolute atomic E-state index is 11.6. The molecule has 0 aromatic carbocycles. The van der Waals surface area contributed by atoms with E-state index in [1.165, 1.54) is 17.5 Å². The molecule has 0 bridgehead atoms. The molecule has 0 radical (unpaired) electrons. The number of nitrogens with zero attached hydrogens (tertiary/aromatic N) is 1. The summed E-state index contributed by atoms with van der Waals surface area (Å²) in [6, 6.07) is 1.65. The molecule has 0 spiro atoms. The van der Waals surface area contributed by atoms with Crippen molar-refractivity contribution in [2.24, 2.45) is 0 Å². The van der Waals surface area contributed by atoms with Gasteiger partial charge in [0.2, 0.25) is 0 Å². The third-order valence-electron chi connectivity index (χ3n) is 1.88. The molecule has 2 aromatic rings. The molecule has 16 heavy (non-hydrogen) atoms. The number of amides is 1. The Hall–Kier alpha value is -2.15. The van der Waals surface area contributed by atoms with Crippen LogP contribution >= 0.6 is 11.3 Å². The summed E-state index contributed by atoms with van der Waals surface area (Å²) >= 11 is 1.39. The molecule has 0 atom stereocenters. The molecule has 0 saturated carbocycles. The van der Waals surface area contributed by atoms with Gasteiger partial charge in [-0.05, 0) is 11.4 Å². The second-order valence-corrected chi connectivity index (χ2v) is 3.71. The zero-order chi connectivity index (χ0) is 11.5. The van der Waals surface area contributed by atoms with E-state index in [0.29, 0.717) is 5.56 Å². The molecule has 2 aromatic heterocycles. The van der Waals surface area contributed by atoms with Crippen molar-refractivity contribution in [3.8, 4) is 0 Å². The number of thiophene rings is 1. The van der Waals surface area contributed by atoms with Crippen LogP contribution in [0.5, 0.6) is 0 Å². The number of carbonyl (C=O) groups excluding carboxylic acids is 1. The number of hydrogen-bond donors (Lipinski definition) is 3. The summed E-state index contributed by atoms with van der Waals surface area (Å²) < 4.78 is 0. The highest BCUT2D eigenvalue weighted by Crippen LogP contribution is 2.14. The number of anilines is 1. The zero-order valence-corrected chi connectivity index (χ0v) is 8.75. The Morgan fingerprint density at radius 3 is 2.94 bits per heavy atom. The average Bonchev–Trinajstić information content (AvgIpc) is 2.86. The summed E-state index contributed by atoms with van der Waals surface area (Å²) in [5.41, 5.74) is 0.509. The lowest BCUT2D eigenvalue weighted by atomic mass is 10.3. The molecule has 2 rings (SSSR count). The van der Waals surface area contributed by atoms with Crippen LogP contribution in [-0.4, -0.2) is 27.2 Å². The zero-order valence-electron chi connectivity index (χ0n) is 7.93. The SMILES string of the molecule is O=C(Nc1cn[nH]c1C(=O)O)c1ccsc1. The normalized spacial score (nSPS) is 10.0. The first-order valence-corrected chi connectivity index (χ1v) is 5.23. The minimum absolute atomic E-state index is 0.136. The van der Waals surface area contributed by atoms with Gasteiger partial charge in [-0.2, -0.15) is 16.4 Å². The molecule has 6 nitrogen and oxygen atoms in total. The molecule has 0 unspecified atom stereocenters. The predicted molar refractivity (Wildman–Crippen MR) is 57.8 cm³/mol. The fourth-order valence-corrected chi connectivity index (χ4v) is 1.77. The quantitative estimate of drug-likeness (QED) is 0.752. The summed E-state index contributed by atoms with van der Waals surface area (Å²) in [7, 11) is 0. The van der Waals surface area contributed by atoms with Gasteiger partial charge in [0.15, 0.2) is 5.69 Å². The number of hydrogen-bond acceptors (Lipinski definition) is 4. The number of aromatic nitrogens is 2. The first kappa shape index (κ1) is 10.4. The minimum Gasteiger partial charge on any atom is -0.476 e. The van der Waals surface area contributed by atoms with E-state index in [0.717, 1.165) is 0 Å². The monoisotopic (exact) mass is 237 g/mol. The van der Waals surface area contributed by atoms with Gasteiger partial charge in [-0.1, -0.05) is 0 Å². The summed E-state index contributed by atoms with van der Waals surface area (Å²) in [6.45, 7) is 0. The smallest absolute Gasteiger partial charge is 0.356 e. The number of carboxylic acid groups (broad SMARTS) is 1. The molecule has 3 N–H and O–H groups in total. The maximum Gasteiger partial charge on any atom is 0.356 e. The second-order valence-electron chi connectivity index (χ2n) is 2.93. The predicted octanol–water partition coefficient (Wildman–Crippen LogP) is 1.42. The van der Waals surface area contributed by atoms with Gasteiger partial charge >= 0.3 is 5.97 Å². The molecule has 0 saturated heterocycles. The number of H-pyrrole nitrogens is 1. The maximum atomic E-state index is 11.6. The van der Waals surface area contributed by atoms with Crippen LogP contribution < -0.4 is 5.32 Å². The summed E-state index contributed by atoms with van der Waals surface area (Å²) in [5, 5.41) is 20.5. The molecular formula is C9H7N3O3S. The number of rotatable bonds is 3. The van der Waals surface area contributed by atoms with E-state index < -0.39 is 5.97 Å². The van der Waals surface area contributed by atoms with Crippen molar-refractivity contribution in [1.82, 2.24) is 10.2 Å². The Kier molecular flexibility index (Phi) is 2.69. The van der Waals surface area contributed by atoms with Crippen molar-refractivity contribution in [1.29, 1.82) is 0 Å². The Bertz CT molecular complexity index is 518. The number of aromatic amines is 1. The molecule has 0 aliphatic carbocycles. The van der Waals surface area contributed by atoms with Crippen LogP contribution in [0.3, 0.4) is 0 Å². The van der Waals surface area contributed by atoms with Gasteiger partial charge in [0.05, 0.1) is 17.4 Å². The summed E-state index contributed by atoms with van der Waals surface area (Å²) in [4.78, 5) is 22.3. The van der Waals surface area contributed by atoms with Crippen LogP contribution in [0.25, 0.3) is 0 Å². The third kappa shape index (κ3) is 1.94. The summed E-state index contributed by atoms with van der Waals surface area (Å²) in [6.07, 6.45) is 1.26. The van der Waals surface area contributed by atoms with Gasteiger partial charge in [-0.15, -0.1) is 0 Å². The Labute approximate surface area is 93.9 Å². The van der Waals surface area contributed by atoms with Crippen LogP contribution in [0.15, 0.2) is 23.0 Å². The number of nitrogens with one attached hydrogen (secondary N) is 2. The van der Waals surface area contributed by atoms with Crippen molar-refractivity contribution < 1.29 is 14.7 Å². The number of aromatic carboxylic acids is 1. The minimum atomic E-state index is -1.17. The lowest BCUT2D eigenvalue weighted by Crippen LogP contribution is -2.13. The fourth-order valence-electron chi connectivity index (χ4n) is 1.13. The third-order valence-corrected chi connectivity index (χ3v) is 2.57. The van der Waals surface area contributed by atoms with E-state index in [4.69, 9.17) is 5.11 Å². The van der Waals surface area contributed by atoms with Crippen LogP contribution in [0, 0.1) is 0 Å². The number of carboxylic acids is 1. The van der Waals surface area contributed by atoms with Crippen molar-refractivity contribution in [3.05, 3.63) is 34.3 Å². The van der Waals surface area contributed by atoms with Crippen LogP contribution in [0.4, 0.5) is 5.69 Å².